The number of carbonyl (C=O) groups is 1. The van der Waals surface area contributed by atoms with Crippen LogP contribution >= 0.6 is 11.8 Å². The molecule has 0 saturated carbocycles. The molecule has 1 aromatic carbocycles. The van der Waals surface area contributed by atoms with Crippen molar-refractivity contribution in [3.63, 3.8) is 0 Å². The van der Waals surface area contributed by atoms with Crippen molar-refractivity contribution in [3.8, 4) is 11.3 Å². The Kier molecular flexibility index (Phi) is 8.42. The number of benzene rings is 1. The number of carbonyl (C=O) groups excluding carboxylic acids is 1. The van der Waals surface area contributed by atoms with Crippen LogP contribution in [-0.2, 0) is 17.7 Å². The molecule has 1 amide bonds. The summed E-state index contributed by atoms with van der Waals surface area (Å²) in [7, 11) is 1.52. The summed E-state index contributed by atoms with van der Waals surface area (Å²) in [4.78, 5) is 19.8. The number of amides is 1. The van der Waals surface area contributed by atoms with Crippen molar-refractivity contribution in [2.24, 2.45) is 0 Å². The van der Waals surface area contributed by atoms with Crippen LogP contribution < -0.4 is 9.62 Å². The van der Waals surface area contributed by atoms with Crippen LogP contribution in [0.25, 0.3) is 22.4 Å². The highest BCUT2D eigenvalue weighted by atomic mass is 32.2. The van der Waals surface area contributed by atoms with Crippen LogP contribution in [0.4, 0.5) is 10.2 Å². The quantitative estimate of drug-likeness (QED) is 0.413. The van der Waals surface area contributed by atoms with Gasteiger partial charge in [0, 0.05) is 43.8 Å². The smallest absolute Gasteiger partial charge is 0.263 e. The van der Waals surface area contributed by atoms with Crippen molar-refractivity contribution in [1.82, 2.24) is 15.2 Å². The third-order valence-corrected chi connectivity index (χ3v) is 7.72. The van der Waals surface area contributed by atoms with E-state index < -0.39 is 17.1 Å². The van der Waals surface area contributed by atoms with Crippen molar-refractivity contribution in [1.29, 1.82) is 0 Å². The highest BCUT2D eigenvalue weighted by Gasteiger charge is 2.26. The molecule has 4 rings (SSSR count). The van der Waals surface area contributed by atoms with E-state index in [-0.39, 0.29) is 17.4 Å². The van der Waals surface area contributed by atoms with Crippen LogP contribution in [0.3, 0.4) is 0 Å². The van der Waals surface area contributed by atoms with E-state index in [0.717, 1.165) is 36.7 Å². The highest BCUT2D eigenvalue weighted by molar-refractivity contribution is 7.99. The van der Waals surface area contributed by atoms with Gasteiger partial charge in [0.1, 0.15) is 17.4 Å². The van der Waals surface area contributed by atoms with Crippen LogP contribution in [0, 0.1) is 5.82 Å². The van der Waals surface area contributed by atoms with Crippen molar-refractivity contribution >= 4 is 45.9 Å². The molecule has 0 spiro atoms. The number of thioether (sulfide) groups is 1. The number of anilines is 1. The fourth-order valence-corrected chi connectivity index (χ4v) is 5.78. The van der Waals surface area contributed by atoms with Gasteiger partial charge in [-0.2, -0.15) is 16.7 Å². The predicted octanol–water partition coefficient (Wildman–Crippen LogP) is 3.94. The Bertz CT molecular complexity index is 1210. The molecule has 1 unspecified atom stereocenters. The summed E-state index contributed by atoms with van der Waals surface area (Å²) in [6.07, 6.45) is 1.25. The Hall–Kier alpha value is -2.47. The van der Waals surface area contributed by atoms with E-state index in [4.69, 9.17) is 4.42 Å². The Morgan fingerprint density at radius 3 is 2.66 bits per heavy atom. The molecule has 8 nitrogen and oxygen atoms in total. The number of fused-ring (bicyclic) bond motifs is 1. The van der Waals surface area contributed by atoms with Crippen LogP contribution in [0.1, 0.15) is 29.3 Å². The third-order valence-electron chi connectivity index (χ3n) is 6.04. The van der Waals surface area contributed by atoms with Gasteiger partial charge in [-0.05, 0) is 55.3 Å². The van der Waals surface area contributed by atoms with Gasteiger partial charge in [-0.1, -0.05) is 6.92 Å². The Labute approximate surface area is 210 Å². The summed E-state index contributed by atoms with van der Waals surface area (Å²) < 4.78 is 43.3. The summed E-state index contributed by atoms with van der Waals surface area (Å²) in [6.45, 7) is 5.17. The topological polar surface area (TPSA) is 98.9 Å². The van der Waals surface area contributed by atoms with Gasteiger partial charge in [-0.25, -0.2) is 8.60 Å². The second-order valence-electron chi connectivity index (χ2n) is 8.21. The van der Waals surface area contributed by atoms with E-state index >= 15 is 0 Å². The van der Waals surface area contributed by atoms with Crippen LogP contribution in [-0.4, -0.2) is 69.3 Å². The minimum Gasteiger partial charge on any atom is -0.437 e. The fourth-order valence-electron chi connectivity index (χ4n) is 4.21. The third kappa shape index (κ3) is 5.69. The molecule has 0 aliphatic carbocycles. The number of nitrogens with zero attached hydrogens (tertiary/aromatic N) is 3. The first kappa shape index (κ1) is 25.6. The average molecular weight is 521 g/mol. The summed E-state index contributed by atoms with van der Waals surface area (Å²) in [5.74, 6) is 2.09. The van der Waals surface area contributed by atoms with Crippen LogP contribution in [0.5, 0.6) is 0 Å². The maximum atomic E-state index is 13.5. The standard InChI is InChI=1S/C24H29FN4O4S2/c1-3-16-15-19-20(23(30)26-2)21(17-5-7-18(25)8-6-17)33-24(19)27-22(16)29(35(31)32)10-4-9-28-11-13-34-14-12-28/h5-8,15H,3-4,9-14H2,1-2H3,(H,26,30)(H,31,32). The normalized spacial score (nSPS) is 15.3. The number of aromatic nitrogens is 1. The second kappa shape index (κ2) is 11.5. The predicted molar refractivity (Wildman–Crippen MR) is 139 cm³/mol. The second-order valence-corrected chi connectivity index (χ2v) is 10.3. The Balaban J connectivity index is 1.72. The molecule has 1 atom stereocenters. The van der Waals surface area contributed by atoms with Crippen LogP contribution in [0.15, 0.2) is 34.7 Å². The first-order valence-corrected chi connectivity index (χ1v) is 13.8. The molecule has 1 saturated heterocycles. The van der Waals surface area contributed by atoms with Gasteiger partial charge < -0.3 is 14.6 Å². The van der Waals surface area contributed by atoms with Gasteiger partial charge in [0.2, 0.25) is 5.71 Å². The zero-order valence-electron chi connectivity index (χ0n) is 19.8. The lowest BCUT2D eigenvalue weighted by molar-refractivity contribution is 0.0964. The average Bonchev–Trinajstić information content (AvgIpc) is 3.24. The summed E-state index contributed by atoms with van der Waals surface area (Å²) in [6, 6.07) is 7.46. The van der Waals surface area contributed by atoms with Gasteiger partial charge >= 0.3 is 0 Å². The van der Waals surface area contributed by atoms with E-state index in [0.29, 0.717) is 41.7 Å². The first-order valence-electron chi connectivity index (χ1n) is 11.6. The summed E-state index contributed by atoms with van der Waals surface area (Å²) in [5, 5.41) is 3.13. The summed E-state index contributed by atoms with van der Waals surface area (Å²) >= 11 is -0.334. The van der Waals surface area contributed by atoms with E-state index in [9.17, 15) is 17.9 Å². The highest BCUT2D eigenvalue weighted by Crippen LogP contribution is 2.36. The lowest BCUT2D eigenvalue weighted by Crippen LogP contribution is -2.36. The fraction of sp³-hybridized carbons (Fsp3) is 0.417. The van der Waals surface area contributed by atoms with Crippen molar-refractivity contribution in [2.45, 2.75) is 19.8 Å². The number of nitrogens with one attached hydrogen (secondary N) is 1. The largest absolute Gasteiger partial charge is 0.437 e. The molecule has 35 heavy (non-hydrogen) atoms. The minimum absolute atomic E-state index is 0.179. The van der Waals surface area contributed by atoms with E-state index in [1.165, 1.54) is 35.6 Å². The Morgan fingerprint density at radius 1 is 1.31 bits per heavy atom. The van der Waals surface area contributed by atoms with Crippen molar-refractivity contribution in [2.75, 3.05) is 49.0 Å². The maximum Gasteiger partial charge on any atom is 0.263 e. The maximum absolute atomic E-state index is 13.5. The molecule has 0 radical (unpaired) electrons. The first-order chi connectivity index (χ1) is 16.9. The number of pyridine rings is 1. The number of halogens is 1. The van der Waals surface area contributed by atoms with E-state index in [1.54, 1.807) is 6.07 Å². The van der Waals surface area contributed by atoms with Crippen molar-refractivity contribution in [3.05, 3.63) is 47.3 Å². The van der Waals surface area contributed by atoms with Crippen molar-refractivity contribution < 1.29 is 22.4 Å². The molecule has 2 aromatic heterocycles. The molecule has 3 aromatic rings. The number of hydrogen-bond donors (Lipinski definition) is 2. The monoisotopic (exact) mass is 520 g/mol. The number of aryl methyl sites for hydroxylation is 1. The van der Waals surface area contributed by atoms with E-state index in [2.05, 4.69) is 15.2 Å². The SMILES string of the molecule is CCc1cc2c(C(=O)NC)c(-c3ccc(F)cc3)oc2nc1N(CCCN1CCSCC1)S(=O)O. The molecule has 1 aliphatic rings. The van der Waals surface area contributed by atoms with E-state index in [1.807, 2.05) is 18.7 Å². The zero-order chi connectivity index (χ0) is 24.9. The zero-order valence-corrected chi connectivity index (χ0v) is 21.4. The number of furan rings is 1. The lowest BCUT2D eigenvalue weighted by Gasteiger charge is -2.27. The molecule has 0 bridgehead atoms. The number of rotatable bonds is 9. The molecular formula is C24H29FN4O4S2. The molecule has 2 N–H and O–H groups in total. The van der Waals surface area contributed by atoms with Gasteiger partial charge in [0.15, 0.2) is 0 Å². The molecule has 11 heteroatoms. The molecular weight excluding hydrogens is 491 g/mol. The van der Waals surface area contributed by atoms with Crippen LogP contribution in [0.2, 0.25) is 0 Å². The molecule has 1 aliphatic heterocycles. The lowest BCUT2D eigenvalue weighted by atomic mass is 10.0. The van der Waals surface area contributed by atoms with Gasteiger partial charge in [-0.3, -0.25) is 13.7 Å². The molecule has 188 valence electrons. The Morgan fingerprint density at radius 2 is 2.03 bits per heavy atom. The molecule has 1 fully saturated rings. The number of hydrogen-bond acceptors (Lipinski definition) is 6. The van der Waals surface area contributed by atoms with Gasteiger partial charge in [0.05, 0.1) is 10.9 Å². The van der Waals surface area contributed by atoms with Gasteiger partial charge in [-0.15, -0.1) is 0 Å². The minimum atomic E-state index is -2.28. The molecule has 3 heterocycles. The summed E-state index contributed by atoms with van der Waals surface area (Å²) in [5.41, 5.74) is 1.73. The van der Waals surface area contributed by atoms with Gasteiger partial charge in [0.25, 0.3) is 17.2 Å².